The van der Waals surface area contributed by atoms with Crippen LogP contribution < -0.4 is 10.2 Å². The van der Waals surface area contributed by atoms with E-state index in [-0.39, 0.29) is 11.0 Å². The smallest absolute Gasteiger partial charge is 0.0839 e. The van der Waals surface area contributed by atoms with Crippen molar-refractivity contribution in [1.29, 1.82) is 0 Å². The van der Waals surface area contributed by atoms with E-state index in [1.807, 2.05) is 0 Å². The van der Waals surface area contributed by atoms with Gasteiger partial charge in [-0.3, -0.25) is 0 Å². The minimum absolute atomic E-state index is 0.0279. The molecule has 0 aliphatic carbocycles. The summed E-state index contributed by atoms with van der Waals surface area (Å²) in [7, 11) is 0. The maximum Gasteiger partial charge on any atom is 0.0839 e. The topological polar surface area (TPSA) is 30.3 Å². The summed E-state index contributed by atoms with van der Waals surface area (Å²) in [6.07, 6.45) is 4.81. The summed E-state index contributed by atoms with van der Waals surface area (Å²) < 4.78 is 6.06. The molecule has 0 unspecified atom stereocenters. The van der Waals surface area contributed by atoms with Crippen LogP contribution in [0.1, 0.15) is 65.9 Å². The molecule has 1 aliphatic heterocycles. The third kappa shape index (κ3) is 6.07. The lowest BCUT2D eigenvalue weighted by Crippen LogP contribution is -3.11. The molecule has 3 nitrogen and oxygen atoms in total. The van der Waals surface area contributed by atoms with Crippen LogP contribution in [0.25, 0.3) is 0 Å². The van der Waals surface area contributed by atoms with Crippen LogP contribution >= 0.6 is 0 Å². The lowest BCUT2D eigenvalue weighted by atomic mass is 9.66. The number of quaternary nitrogens is 2. The first kappa shape index (κ1) is 21.4. The van der Waals surface area contributed by atoms with Crippen LogP contribution in [0.4, 0.5) is 0 Å². The highest BCUT2D eigenvalue weighted by Crippen LogP contribution is 2.44. The monoisotopic (exact) mass is 362 g/mol. The number of ether oxygens (including phenoxy) is 1. The van der Waals surface area contributed by atoms with E-state index in [0.717, 1.165) is 19.4 Å². The molecule has 148 valence electrons. The van der Waals surface area contributed by atoms with Crippen LogP contribution in [0.2, 0.25) is 0 Å². The zero-order chi connectivity index (χ0) is 19.0. The zero-order valence-electron chi connectivity index (χ0n) is 17.8. The molecule has 3 heteroatoms. The molecule has 2 rings (SSSR count). The van der Waals surface area contributed by atoms with Crippen LogP contribution in [0.3, 0.4) is 0 Å². The van der Waals surface area contributed by atoms with Crippen molar-refractivity contribution < 1.29 is 15.0 Å². The Balaban J connectivity index is 1.97. The maximum atomic E-state index is 6.06. The molecule has 1 aromatic carbocycles. The molecule has 26 heavy (non-hydrogen) atoms. The molecule has 1 fully saturated rings. The van der Waals surface area contributed by atoms with Crippen molar-refractivity contribution in [2.75, 3.05) is 32.8 Å². The Morgan fingerprint density at radius 2 is 1.85 bits per heavy atom. The van der Waals surface area contributed by atoms with Gasteiger partial charge < -0.3 is 15.0 Å². The van der Waals surface area contributed by atoms with Crippen molar-refractivity contribution in [3.05, 3.63) is 35.9 Å². The van der Waals surface area contributed by atoms with Gasteiger partial charge in [0.1, 0.15) is 0 Å². The highest BCUT2D eigenvalue weighted by molar-refractivity contribution is 5.27. The summed E-state index contributed by atoms with van der Waals surface area (Å²) in [6, 6.07) is 11.8. The minimum atomic E-state index is -0.0279. The molecule has 0 saturated carbocycles. The highest BCUT2D eigenvalue weighted by Gasteiger charge is 2.43. The molecule has 1 aromatic rings. The molecular weight excluding hydrogens is 320 g/mol. The van der Waals surface area contributed by atoms with Crippen molar-refractivity contribution in [3.8, 4) is 0 Å². The Morgan fingerprint density at radius 3 is 2.46 bits per heavy atom. The van der Waals surface area contributed by atoms with Crippen molar-refractivity contribution in [2.45, 2.75) is 77.4 Å². The molecule has 0 aromatic heterocycles. The van der Waals surface area contributed by atoms with Gasteiger partial charge in [0, 0.05) is 24.9 Å². The molecule has 0 radical (unpaired) electrons. The predicted octanol–water partition coefficient (Wildman–Crippen LogP) is 2.17. The fraction of sp³-hybridized carbons (Fsp3) is 0.739. The lowest BCUT2D eigenvalue weighted by Gasteiger charge is -2.46. The van der Waals surface area contributed by atoms with Crippen LogP contribution in [0.15, 0.2) is 30.3 Å². The number of nitrogens with two attached hydrogens (primary N) is 1. The second-order valence-corrected chi connectivity index (χ2v) is 8.95. The van der Waals surface area contributed by atoms with Crippen LogP contribution in [-0.2, 0) is 10.2 Å². The van der Waals surface area contributed by atoms with Gasteiger partial charge in [-0.15, -0.1) is 0 Å². The summed E-state index contributed by atoms with van der Waals surface area (Å²) in [6.45, 7) is 17.4. The number of nitrogens with one attached hydrogen (secondary N) is 1. The number of benzene rings is 1. The third-order valence-electron chi connectivity index (χ3n) is 6.24. The normalized spacial score (nSPS) is 23.9. The average Bonchev–Trinajstić information content (AvgIpc) is 2.62. The zero-order valence-corrected chi connectivity index (χ0v) is 17.8. The first-order chi connectivity index (χ1) is 12.4. The standard InChI is InChI=1S/C23H40N2O/c1-6-25(7-2)16-11-15-24-20(3)18-23(21-12-9-8-10-13-21)14-17-26-22(4,5)19-23/h8-10,12-13,20,24H,6-7,11,14-19H2,1-5H3/p+2/t20-,23-/m1/s1. The summed E-state index contributed by atoms with van der Waals surface area (Å²) in [4.78, 5) is 1.72. The molecule has 0 amide bonds. The molecule has 0 bridgehead atoms. The largest absolute Gasteiger partial charge is 0.376 e. The third-order valence-corrected chi connectivity index (χ3v) is 6.24. The van der Waals surface area contributed by atoms with Crippen molar-refractivity contribution in [3.63, 3.8) is 0 Å². The van der Waals surface area contributed by atoms with Gasteiger partial charge in [-0.25, -0.2) is 0 Å². The molecule has 3 N–H and O–H groups in total. The van der Waals surface area contributed by atoms with Gasteiger partial charge in [0.05, 0.1) is 37.8 Å². The minimum Gasteiger partial charge on any atom is -0.376 e. The molecular formula is C23H42N2O+2. The number of hydrogen-bond acceptors (Lipinski definition) is 1. The van der Waals surface area contributed by atoms with E-state index in [4.69, 9.17) is 4.74 Å². The van der Waals surface area contributed by atoms with Crippen LogP contribution in [-0.4, -0.2) is 44.4 Å². The number of rotatable bonds is 10. The van der Waals surface area contributed by atoms with E-state index >= 15 is 0 Å². The van der Waals surface area contributed by atoms with Gasteiger partial charge in [0.25, 0.3) is 0 Å². The Hall–Kier alpha value is -0.900. The average molecular weight is 363 g/mol. The first-order valence-electron chi connectivity index (χ1n) is 10.8. The Labute approximate surface area is 161 Å². The summed E-state index contributed by atoms with van der Waals surface area (Å²) in [5.41, 5.74) is 1.73. The molecule has 0 spiro atoms. The molecule has 1 saturated heterocycles. The van der Waals surface area contributed by atoms with E-state index in [9.17, 15) is 0 Å². The van der Waals surface area contributed by atoms with Gasteiger partial charge in [-0.2, -0.15) is 0 Å². The lowest BCUT2D eigenvalue weighted by molar-refractivity contribution is -0.898. The maximum absolute atomic E-state index is 6.06. The van der Waals surface area contributed by atoms with Crippen molar-refractivity contribution >= 4 is 0 Å². The van der Waals surface area contributed by atoms with Gasteiger partial charge >= 0.3 is 0 Å². The Kier molecular flexibility index (Phi) is 8.12. The summed E-state index contributed by atoms with van der Waals surface area (Å²) >= 11 is 0. The molecule has 1 heterocycles. The highest BCUT2D eigenvalue weighted by atomic mass is 16.5. The quantitative estimate of drug-likeness (QED) is 0.614. The molecule has 2 atom stereocenters. The van der Waals surface area contributed by atoms with Crippen LogP contribution in [0, 0.1) is 0 Å². The second-order valence-electron chi connectivity index (χ2n) is 8.95. The van der Waals surface area contributed by atoms with E-state index in [2.05, 4.69) is 70.3 Å². The SMILES string of the molecule is CC[NH+](CC)CCC[NH2+][C@H](C)C[C@]1(c2ccccc2)CCOC(C)(C)C1. The number of hydrogen-bond donors (Lipinski definition) is 2. The van der Waals surface area contributed by atoms with Gasteiger partial charge in [0.15, 0.2) is 0 Å². The van der Waals surface area contributed by atoms with Gasteiger partial charge in [-0.05, 0) is 53.0 Å². The second kappa shape index (κ2) is 9.87. The van der Waals surface area contributed by atoms with E-state index in [1.165, 1.54) is 44.6 Å². The van der Waals surface area contributed by atoms with Crippen molar-refractivity contribution in [2.24, 2.45) is 0 Å². The summed E-state index contributed by atoms with van der Waals surface area (Å²) in [5, 5.41) is 2.58. The fourth-order valence-corrected chi connectivity index (χ4v) is 4.86. The first-order valence-corrected chi connectivity index (χ1v) is 10.8. The van der Waals surface area contributed by atoms with Crippen LogP contribution in [0.5, 0.6) is 0 Å². The van der Waals surface area contributed by atoms with E-state index in [1.54, 1.807) is 4.90 Å². The summed E-state index contributed by atoms with van der Waals surface area (Å²) in [5.74, 6) is 0. The molecule has 1 aliphatic rings. The van der Waals surface area contributed by atoms with E-state index < -0.39 is 0 Å². The van der Waals surface area contributed by atoms with Gasteiger partial charge in [-0.1, -0.05) is 30.3 Å². The van der Waals surface area contributed by atoms with E-state index in [0.29, 0.717) is 6.04 Å². The predicted molar refractivity (Wildman–Crippen MR) is 110 cm³/mol. The fourth-order valence-electron chi connectivity index (χ4n) is 4.86. The van der Waals surface area contributed by atoms with Gasteiger partial charge in [0.2, 0.25) is 0 Å². The Morgan fingerprint density at radius 1 is 1.15 bits per heavy atom. The van der Waals surface area contributed by atoms with Crippen molar-refractivity contribution in [1.82, 2.24) is 0 Å². The Bertz CT molecular complexity index is 512.